The third kappa shape index (κ3) is 5.31. The molecule has 2 aliphatic rings. The summed E-state index contributed by atoms with van der Waals surface area (Å²) in [6.07, 6.45) is 7.94. The van der Waals surface area contributed by atoms with Gasteiger partial charge in [-0.05, 0) is 50.3 Å². The van der Waals surface area contributed by atoms with Crippen molar-refractivity contribution in [1.82, 2.24) is 5.32 Å². The summed E-state index contributed by atoms with van der Waals surface area (Å²) in [5.41, 5.74) is 4.68. The first-order valence-electron chi connectivity index (χ1n) is 10.8. The number of halogens is 1. The smallest absolute Gasteiger partial charge is 0.249 e. The van der Waals surface area contributed by atoms with E-state index in [0.717, 1.165) is 40.6 Å². The van der Waals surface area contributed by atoms with Crippen LogP contribution in [-0.4, -0.2) is 37.2 Å². The first-order chi connectivity index (χ1) is 15.1. The van der Waals surface area contributed by atoms with Crippen LogP contribution < -0.4 is 10.2 Å². The first kappa shape index (κ1) is 21.5. The lowest BCUT2D eigenvalue weighted by atomic mass is 9.97. The number of nitrogens with one attached hydrogen (secondary N) is 1. The van der Waals surface area contributed by atoms with Crippen molar-refractivity contribution < 1.29 is 9.59 Å². The molecule has 0 fully saturated rings. The SMILES string of the molecule is O=C(CN1C(=O)CN=C(c2ccccc2)c2cc(Br)ccc21)NCCC1=CCCCC1. The van der Waals surface area contributed by atoms with E-state index in [2.05, 4.69) is 32.3 Å². The van der Waals surface area contributed by atoms with Gasteiger partial charge in [-0.25, -0.2) is 0 Å². The van der Waals surface area contributed by atoms with Crippen molar-refractivity contribution in [2.24, 2.45) is 4.99 Å². The fourth-order valence-corrected chi connectivity index (χ4v) is 4.46. The molecule has 2 aromatic carbocycles. The van der Waals surface area contributed by atoms with Gasteiger partial charge in [-0.1, -0.05) is 57.9 Å². The Morgan fingerprint density at radius 2 is 1.97 bits per heavy atom. The van der Waals surface area contributed by atoms with Crippen LogP contribution >= 0.6 is 15.9 Å². The van der Waals surface area contributed by atoms with Crippen LogP contribution in [0.25, 0.3) is 0 Å². The molecule has 160 valence electrons. The van der Waals surface area contributed by atoms with Crippen molar-refractivity contribution in [2.75, 3.05) is 24.5 Å². The zero-order valence-corrected chi connectivity index (χ0v) is 19.0. The lowest BCUT2D eigenvalue weighted by Gasteiger charge is -2.23. The molecule has 1 aliphatic carbocycles. The molecule has 31 heavy (non-hydrogen) atoms. The van der Waals surface area contributed by atoms with E-state index < -0.39 is 0 Å². The third-order valence-corrected chi connectivity index (χ3v) is 6.17. The van der Waals surface area contributed by atoms with E-state index in [1.807, 2.05) is 48.5 Å². The Morgan fingerprint density at radius 1 is 1.13 bits per heavy atom. The van der Waals surface area contributed by atoms with Crippen LogP contribution in [0.5, 0.6) is 0 Å². The molecule has 0 radical (unpaired) electrons. The third-order valence-electron chi connectivity index (χ3n) is 5.68. The van der Waals surface area contributed by atoms with E-state index in [-0.39, 0.29) is 24.9 Å². The summed E-state index contributed by atoms with van der Waals surface area (Å²) in [5.74, 6) is -0.332. The maximum Gasteiger partial charge on any atom is 0.249 e. The van der Waals surface area contributed by atoms with Crippen LogP contribution in [-0.2, 0) is 9.59 Å². The Kier molecular flexibility index (Phi) is 6.97. The lowest BCUT2D eigenvalue weighted by molar-refractivity contribution is -0.123. The second-order valence-electron chi connectivity index (χ2n) is 7.88. The minimum atomic E-state index is -0.181. The summed E-state index contributed by atoms with van der Waals surface area (Å²) in [6, 6.07) is 15.5. The van der Waals surface area contributed by atoms with Crippen LogP contribution in [0.15, 0.2) is 69.6 Å². The van der Waals surface area contributed by atoms with Crippen molar-refractivity contribution in [3.05, 3.63) is 75.8 Å². The molecule has 0 saturated carbocycles. The minimum Gasteiger partial charge on any atom is -0.354 e. The molecule has 1 aliphatic heterocycles. The quantitative estimate of drug-likeness (QED) is 0.613. The summed E-state index contributed by atoms with van der Waals surface area (Å²) in [6.45, 7) is 0.604. The van der Waals surface area contributed by atoms with Gasteiger partial charge >= 0.3 is 0 Å². The van der Waals surface area contributed by atoms with E-state index in [0.29, 0.717) is 12.2 Å². The number of benzodiazepines with no additional fused rings is 1. The Bertz CT molecular complexity index is 1030. The van der Waals surface area contributed by atoms with Crippen molar-refractivity contribution >= 4 is 39.1 Å². The topological polar surface area (TPSA) is 61.8 Å². The summed E-state index contributed by atoms with van der Waals surface area (Å²) >= 11 is 3.53. The predicted octanol–water partition coefficient (Wildman–Crippen LogP) is 4.64. The minimum absolute atomic E-state index is 0.00982. The Balaban J connectivity index is 1.52. The molecule has 0 aromatic heterocycles. The van der Waals surface area contributed by atoms with E-state index >= 15 is 0 Å². The Morgan fingerprint density at radius 3 is 2.74 bits per heavy atom. The number of carbonyl (C=O) groups excluding carboxylic acids is 2. The van der Waals surface area contributed by atoms with Crippen molar-refractivity contribution in [2.45, 2.75) is 32.1 Å². The highest BCUT2D eigenvalue weighted by Crippen LogP contribution is 2.29. The number of nitrogens with zero attached hydrogens (tertiary/aromatic N) is 2. The van der Waals surface area contributed by atoms with Gasteiger partial charge in [0, 0.05) is 22.1 Å². The molecule has 0 spiro atoms. The number of rotatable bonds is 6. The molecular weight excluding hydrogens is 454 g/mol. The molecule has 2 amide bonds. The number of hydrogen-bond acceptors (Lipinski definition) is 3. The molecule has 1 heterocycles. The summed E-state index contributed by atoms with van der Waals surface area (Å²) in [7, 11) is 0. The highest BCUT2D eigenvalue weighted by Gasteiger charge is 2.27. The van der Waals surface area contributed by atoms with Crippen LogP contribution in [0.4, 0.5) is 5.69 Å². The molecule has 6 heteroatoms. The van der Waals surface area contributed by atoms with Crippen molar-refractivity contribution in [1.29, 1.82) is 0 Å². The van der Waals surface area contributed by atoms with Crippen molar-refractivity contribution in [3.8, 4) is 0 Å². The lowest BCUT2D eigenvalue weighted by Crippen LogP contribution is -2.42. The monoisotopic (exact) mass is 479 g/mol. The van der Waals surface area contributed by atoms with Gasteiger partial charge in [-0.2, -0.15) is 0 Å². The average molecular weight is 480 g/mol. The van der Waals surface area contributed by atoms with Crippen LogP contribution in [0, 0.1) is 0 Å². The highest BCUT2D eigenvalue weighted by molar-refractivity contribution is 9.10. The van der Waals surface area contributed by atoms with Crippen LogP contribution in [0.2, 0.25) is 0 Å². The molecule has 2 aromatic rings. The van der Waals surface area contributed by atoms with Gasteiger partial charge in [-0.15, -0.1) is 0 Å². The molecule has 1 N–H and O–H groups in total. The number of hydrogen-bond donors (Lipinski definition) is 1. The zero-order valence-electron chi connectivity index (χ0n) is 17.4. The number of anilines is 1. The predicted molar refractivity (Wildman–Crippen MR) is 128 cm³/mol. The number of aliphatic imine (C=N–C) groups is 1. The maximum atomic E-state index is 12.9. The van der Waals surface area contributed by atoms with E-state index in [4.69, 9.17) is 0 Å². The number of benzene rings is 2. The molecule has 0 saturated heterocycles. The average Bonchev–Trinajstić information content (AvgIpc) is 2.92. The highest BCUT2D eigenvalue weighted by atomic mass is 79.9. The summed E-state index contributed by atoms with van der Waals surface area (Å²) in [4.78, 5) is 31.7. The standard InChI is InChI=1S/C25H26BrN3O2/c26-20-11-12-22-21(15-20)25(19-9-5-2-6-10-19)28-16-24(31)29(22)17-23(30)27-14-13-18-7-3-1-4-8-18/h2,5-7,9-12,15H,1,3-4,8,13-14,16-17H2,(H,27,30). The second-order valence-corrected chi connectivity index (χ2v) is 8.80. The summed E-state index contributed by atoms with van der Waals surface area (Å²) < 4.78 is 0.898. The molecule has 4 rings (SSSR count). The van der Waals surface area contributed by atoms with E-state index in [9.17, 15) is 9.59 Å². The first-order valence-corrected chi connectivity index (χ1v) is 11.6. The van der Waals surface area contributed by atoms with Gasteiger partial charge in [0.25, 0.3) is 0 Å². The van der Waals surface area contributed by atoms with Crippen molar-refractivity contribution in [3.63, 3.8) is 0 Å². The number of allylic oxidation sites excluding steroid dienone is 1. The van der Waals surface area contributed by atoms with Gasteiger partial charge in [-0.3, -0.25) is 14.6 Å². The summed E-state index contributed by atoms with van der Waals surface area (Å²) in [5, 5.41) is 2.98. The van der Waals surface area contributed by atoms with Gasteiger partial charge in [0.05, 0.1) is 11.4 Å². The number of carbonyl (C=O) groups is 2. The molecule has 0 bridgehead atoms. The Labute approximate surface area is 191 Å². The number of amides is 2. The largest absolute Gasteiger partial charge is 0.354 e. The van der Waals surface area contributed by atoms with Crippen LogP contribution in [0.1, 0.15) is 43.2 Å². The van der Waals surface area contributed by atoms with Crippen LogP contribution in [0.3, 0.4) is 0 Å². The van der Waals surface area contributed by atoms with E-state index in [1.165, 1.54) is 18.4 Å². The fourth-order valence-electron chi connectivity index (χ4n) is 4.09. The molecule has 0 unspecified atom stereocenters. The normalized spacial score (nSPS) is 16.2. The second kappa shape index (κ2) is 10.1. The van der Waals surface area contributed by atoms with Gasteiger partial charge in [0.1, 0.15) is 13.1 Å². The van der Waals surface area contributed by atoms with E-state index in [1.54, 1.807) is 4.90 Å². The molecule has 5 nitrogen and oxygen atoms in total. The number of fused-ring (bicyclic) bond motifs is 1. The van der Waals surface area contributed by atoms with Gasteiger partial charge in [0.15, 0.2) is 0 Å². The zero-order chi connectivity index (χ0) is 21.6. The van der Waals surface area contributed by atoms with Gasteiger partial charge < -0.3 is 10.2 Å². The fraction of sp³-hybridized carbons (Fsp3) is 0.320. The van der Waals surface area contributed by atoms with Gasteiger partial charge in [0.2, 0.25) is 11.8 Å². The molecule has 0 atom stereocenters. The Hall–Kier alpha value is -2.73. The molecular formula is C25H26BrN3O2. The maximum absolute atomic E-state index is 12.9.